The molecule has 166 valence electrons. The van der Waals surface area contributed by atoms with Gasteiger partial charge in [0, 0.05) is 6.54 Å². The summed E-state index contributed by atoms with van der Waals surface area (Å²) in [6.45, 7) is 0.242. The third-order valence-corrected chi connectivity index (χ3v) is 5.92. The van der Waals surface area contributed by atoms with E-state index in [9.17, 15) is 14.4 Å². The number of rotatable bonds is 6. The molecule has 0 atom stereocenters. The van der Waals surface area contributed by atoms with Gasteiger partial charge in [0.15, 0.2) is 11.5 Å². The summed E-state index contributed by atoms with van der Waals surface area (Å²) in [5, 5.41) is 7.82. The van der Waals surface area contributed by atoms with Crippen LogP contribution in [-0.4, -0.2) is 28.2 Å². The van der Waals surface area contributed by atoms with Crippen molar-refractivity contribution in [2.24, 2.45) is 0 Å². The molecule has 2 amide bonds. The summed E-state index contributed by atoms with van der Waals surface area (Å²) in [7, 11) is 0. The Morgan fingerprint density at radius 2 is 1.94 bits per heavy atom. The van der Waals surface area contributed by atoms with Crippen LogP contribution in [0.5, 0.6) is 11.5 Å². The summed E-state index contributed by atoms with van der Waals surface area (Å²) in [5.41, 5.74) is 1.23. The summed E-state index contributed by atoms with van der Waals surface area (Å²) in [6.07, 6.45) is 1.35. The summed E-state index contributed by atoms with van der Waals surface area (Å²) in [6, 6.07) is 13.8. The normalized spacial score (nSPS) is 12.0. The number of nitrogens with one attached hydrogen (secondary N) is 2. The molecule has 0 radical (unpaired) electrons. The molecule has 0 fully saturated rings. The molecule has 10 heteroatoms. The van der Waals surface area contributed by atoms with Crippen molar-refractivity contribution < 1.29 is 19.1 Å². The predicted octanol–water partition coefficient (Wildman–Crippen LogP) is 2.76. The largest absolute Gasteiger partial charge is 0.454 e. The van der Waals surface area contributed by atoms with Gasteiger partial charge < -0.3 is 20.1 Å². The molecule has 1 aliphatic rings. The van der Waals surface area contributed by atoms with Crippen molar-refractivity contribution in [3.05, 3.63) is 81.7 Å². The number of nitrogens with zero attached hydrogens (tertiary/aromatic N) is 2. The first kappa shape index (κ1) is 20.7. The lowest BCUT2D eigenvalue weighted by atomic mass is 10.1. The molecule has 0 aliphatic carbocycles. The van der Waals surface area contributed by atoms with Crippen LogP contribution in [0.3, 0.4) is 0 Å². The number of para-hydroxylation sites is 1. The van der Waals surface area contributed by atoms with Crippen molar-refractivity contribution in [3.63, 3.8) is 0 Å². The molecule has 2 N–H and O–H groups in total. The maximum absolute atomic E-state index is 12.8. The van der Waals surface area contributed by atoms with E-state index in [0.717, 1.165) is 5.56 Å². The molecule has 9 nitrogen and oxygen atoms in total. The molecule has 0 unspecified atom stereocenters. The number of carbonyl (C=O) groups excluding carboxylic acids is 2. The van der Waals surface area contributed by atoms with Gasteiger partial charge in [-0.1, -0.05) is 18.2 Å². The highest BCUT2D eigenvalue weighted by Gasteiger charge is 2.16. The van der Waals surface area contributed by atoms with Crippen LogP contribution < -0.4 is 25.7 Å². The van der Waals surface area contributed by atoms with Gasteiger partial charge in [0.25, 0.3) is 11.5 Å². The summed E-state index contributed by atoms with van der Waals surface area (Å²) >= 11 is 1.36. The van der Waals surface area contributed by atoms with Gasteiger partial charge in [0.05, 0.1) is 23.0 Å². The maximum atomic E-state index is 12.8. The van der Waals surface area contributed by atoms with Crippen LogP contribution in [0.25, 0.3) is 10.2 Å². The average Bonchev–Trinajstić information content (AvgIpc) is 3.49. The molecular formula is C23H18N4O5S. The molecule has 0 spiro atoms. The molecular weight excluding hydrogens is 444 g/mol. The van der Waals surface area contributed by atoms with Gasteiger partial charge in [-0.15, -0.1) is 11.3 Å². The minimum atomic E-state index is -0.440. The van der Waals surface area contributed by atoms with Gasteiger partial charge in [-0.2, -0.15) is 0 Å². The van der Waals surface area contributed by atoms with Crippen molar-refractivity contribution in [1.29, 1.82) is 0 Å². The fourth-order valence-corrected chi connectivity index (χ4v) is 4.19. The van der Waals surface area contributed by atoms with Crippen LogP contribution in [0.15, 0.2) is 65.0 Å². The van der Waals surface area contributed by atoms with Gasteiger partial charge in [-0.3, -0.25) is 19.0 Å². The lowest BCUT2D eigenvalue weighted by Gasteiger charge is -2.12. The molecule has 0 saturated carbocycles. The van der Waals surface area contributed by atoms with E-state index in [1.807, 2.05) is 12.1 Å². The van der Waals surface area contributed by atoms with E-state index >= 15 is 0 Å². The molecule has 5 rings (SSSR count). The van der Waals surface area contributed by atoms with Crippen molar-refractivity contribution in [2.45, 2.75) is 13.1 Å². The second kappa shape index (κ2) is 8.75. The Morgan fingerprint density at radius 3 is 2.85 bits per heavy atom. The van der Waals surface area contributed by atoms with Gasteiger partial charge in [-0.25, -0.2) is 4.98 Å². The maximum Gasteiger partial charge on any atom is 0.262 e. The van der Waals surface area contributed by atoms with Crippen molar-refractivity contribution in [3.8, 4) is 11.5 Å². The zero-order chi connectivity index (χ0) is 22.8. The SMILES string of the molecule is O=C(Cn1cnc2sccc2c1=O)Nc1ccccc1C(=O)NCc1ccc2c(c1)OCO2. The number of amides is 2. The van der Waals surface area contributed by atoms with Crippen LogP contribution in [0.1, 0.15) is 15.9 Å². The lowest BCUT2D eigenvalue weighted by Crippen LogP contribution is -2.29. The van der Waals surface area contributed by atoms with Crippen LogP contribution in [0, 0.1) is 0 Å². The van der Waals surface area contributed by atoms with E-state index in [0.29, 0.717) is 33.0 Å². The number of hydrogen-bond acceptors (Lipinski definition) is 7. The smallest absolute Gasteiger partial charge is 0.262 e. The number of aromatic nitrogens is 2. The zero-order valence-electron chi connectivity index (χ0n) is 17.2. The van der Waals surface area contributed by atoms with Gasteiger partial charge >= 0.3 is 0 Å². The van der Waals surface area contributed by atoms with Crippen LogP contribution >= 0.6 is 11.3 Å². The summed E-state index contributed by atoms with van der Waals surface area (Å²) < 4.78 is 11.9. The van der Waals surface area contributed by atoms with Crippen LogP contribution in [0.2, 0.25) is 0 Å². The summed E-state index contributed by atoms with van der Waals surface area (Å²) in [4.78, 5) is 42.8. The van der Waals surface area contributed by atoms with Gasteiger partial charge in [0.2, 0.25) is 12.7 Å². The van der Waals surface area contributed by atoms with Gasteiger partial charge in [-0.05, 0) is 41.3 Å². The second-order valence-electron chi connectivity index (χ2n) is 7.28. The number of anilines is 1. The van der Waals surface area contributed by atoms with Crippen LogP contribution in [-0.2, 0) is 17.9 Å². The third-order valence-electron chi connectivity index (χ3n) is 5.10. The Bertz CT molecular complexity index is 1430. The molecule has 33 heavy (non-hydrogen) atoms. The number of ether oxygens (including phenoxy) is 2. The zero-order valence-corrected chi connectivity index (χ0v) is 18.1. The lowest BCUT2D eigenvalue weighted by molar-refractivity contribution is -0.116. The number of benzene rings is 2. The van der Waals surface area contributed by atoms with E-state index in [4.69, 9.17) is 9.47 Å². The fourth-order valence-electron chi connectivity index (χ4n) is 3.47. The standard InChI is InChI=1S/C23H18N4O5S/c28-20(11-27-12-25-22-16(23(27)30)7-8-33-22)26-17-4-2-1-3-15(17)21(29)24-10-14-5-6-18-19(9-14)32-13-31-18/h1-9,12H,10-11,13H2,(H,24,29)(H,26,28). The quantitative estimate of drug-likeness (QED) is 0.456. The number of hydrogen-bond donors (Lipinski definition) is 2. The predicted molar refractivity (Wildman–Crippen MR) is 123 cm³/mol. The molecule has 0 saturated heterocycles. The first-order chi connectivity index (χ1) is 16.1. The van der Waals surface area contributed by atoms with Crippen molar-refractivity contribution in [2.75, 3.05) is 12.1 Å². The highest BCUT2D eigenvalue weighted by atomic mass is 32.1. The van der Waals surface area contributed by atoms with E-state index < -0.39 is 5.91 Å². The monoisotopic (exact) mass is 462 g/mol. The van der Waals surface area contributed by atoms with Crippen molar-refractivity contribution in [1.82, 2.24) is 14.9 Å². The summed E-state index contributed by atoms with van der Waals surface area (Å²) in [5.74, 6) is 0.525. The first-order valence-corrected chi connectivity index (χ1v) is 10.9. The minimum absolute atomic E-state index is 0.182. The molecule has 1 aliphatic heterocycles. The van der Waals surface area contributed by atoms with Crippen molar-refractivity contribution >= 4 is 39.1 Å². The topological polar surface area (TPSA) is 112 Å². The Morgan fingerprint density at radius 1 is 1.09 bits per heavy atom. The first-order valence-electron chi connectivity index (χ1n) is 10.1. The molecule has 4 aromatic rings. The minimum Gasteiger partial charge on any atom is -0.454 e. The number of thiophene rings is 1. The highest BCUT2D eigenvalue weighted by Crippen LogP contribution is 2.32. The number of fused-ring (bicyclic) bond motifs is 2. The molecule has 2 aromatic heterocycles. The van der Waals surface area contributed by atoms with E-state index in [-0.39, 0.29) is 31.3 Å². The number of carbonyl (C=O) groups is 2. The highest BCUT2D eigenvalue weighted by molar-refractivity contribution is 7.16. The van der Waals surface area contributed by atoms with E-state index in [2.05, 4.69) is 15.6 Å². The molecule has 2 aromatic carbocycles. The van der Waals surface area contributed by atoms with Gasteiger partial charge in [0.1, 0.15) is 11.4 Å². The third kappa shape index (κ3) is 4.28. The average molecular weight is 462 g/mol. The van der Waals surface area contributed by atoms with E-state index in [1.165, 1.54) is 22.2 Å². The molecule has 0 bridgehead atoms. The van der Waals surface area contributed by atoms with Crippen LogP contribution in [0.4, 0.5) is 5.69 Å². The fraction of sp³-hybridized carbons (Fsp3) is 0.130. The molecule has 3 heterocycles. The Balaban J connectivity index is 1.26. The Labute approximate surface area is 191 Å². The Kier molecular flexibility index (Phi) is 5.49. The Hall–Kier alpha value is -4.18. The van der Waals surface area contributed by atoms with E-state index in [1.54, 1.807) is 41.8 Å². The second-order valence-corrected chi connectivity index (χ2v) is 8.18.